The number of aromatic nitrogens is 2. The van der Waals surface area contributed by atoms with Gasteiger partial charge in [-0.3, -0.25) is 9.69 Å². The quantitative estimate of drug-likeness (QED) is 0.579. The molecule has 0 fully saturated rings. The molecule has 0 bridgehead atoms. The maximum absolute atomic E-state index is 12.9. The average molecular weight is 409 g/mol. The molecule has 0 spiro atoms. The number of hydrogen-bond acceptors (Lipinski definition) is 5. The lowest BCUT2D eigenvalue weighted by Gasteiger charge is -2.18. The lowest BCUT2D eigenvalue weighted by atomic mass is 10.1. The van der Waals surface area contributed by atoms with Crippen LogP contribution in [0, 0.1) is 25.1 Å². The van der Waals surface area contributed by atoms with Crippen molar-refractivity contribution in [3.8, 4) is 12.3 Å². The Labute approximate surface area is 173 Å². The lowest BCUT2D eigenvalue weighted by molar-refractivity contribution is 0.0950. The monoisotopic (exact) mass is 408 g/mol. The zero-order valence-electron chi connectivity index (χ0n) is 16.1. The Morgan fingerprint density at radius 3 is 2.48 bits per heavy atom. The first-order valence-electron chi connectivity index (χ1n) is 9.10. The summed E-state index contributed by atoms with van der Waals surface area (Å²) in [5.74, 6) is 2.05. The minimum absolute atomic E-state index is 0.290. The SMILES string of the molecule is C#CCN(Cc1ccc(C)cc1)Cc1nnc(C(=O)NCc2ccc(F)cc2)s1. The summed E-state index contributed by atoms with van der Waals surface area (Å²) < 4.78 is 12.9. The van der Waals surface area contributed by atoms with Gasteiger partial charge < -0.3 is 5.32 Å². The molecule has 0 aliphatic rings. The highest BCUT2D eigenvalue weighted by atomic mass is 32.1. The van der Waals surface area contributed by atoms with Crippen LogP contribution in [0.25, 0.3) is 0 Å². The van der Waals surface area contributed by atoms with Gasteiger partial charge in [0.1, 0.15) is 10.8 Å². The van der Waals surface area contributed by atoms with Crippen LogP contribution in [0.15, 0.2) is 48.5 Å². The van der Waals surface area contributed by atoms with E-state index in [1.165, 1.54) is 29.0 Å². The maximum atomic E-state index is 12.9. The summed E-state index contributed by atoms with van der Waals surface area (Å²) in [6.07, 6.45) is 5.51. The van der Waals surface area contributed by atoms with Crippen molar-refractivity contribution in [1.82, 2.24) is 20.4 Å². The van der Waals surface area contributed by atoms with E-state index in [0.29, 0.717) is 26.2 Å². The van der Waals surface area contributed by atoms with Gasteiger partial charge in [0, 0.05) is 13.1 Å². The van der Waals surface area contributed by atoms with Gasteiger partial charge >= 0.3 is 0 Å². The molecule has 0 radical (unpaired) electrons. The third kappa shape index (κ3) is 6.21. The van der Waals surface area contributed by atoms with E-state index in [2.05, 4.69) is 50.6 Å². The van der Waals surface area contributed by atoms with Crippen molar-refractivity contribution < 1.29 is 9.18 Å². The Bertz CT molecular complexity index is 993. The van der Waals surface area contributed by atoms with Gasteiger partial charge in [-0.1, -0.05) is 59.2 Å². The van der Waals surface area contributed by atoms with E-state index in [9.17, 15) is 9.18 Å². The predicted molar refractivity (Wildman–Crippen MR) is 112 cm³/mol. The third-order valence-electron chi connectivity index (χ3n) is 4.23. The van der Waals surface area contributed by atoms with Gasteiger partial charge in [0.05, 0.1) is 13.1 Å². The number of carbonyl (C=O) groups excluding carboxylic acids is 1. The van der Waals surface area contributed by atoms with Gasteiger partial charge in [-0.2, -0.15) is 0 Å². The van der Waals surface area contributed by atoms with Crippen molar-refractivity contribution in [3.05, 3.63) is 81.1 Å². The summed E-state index contributed by atoms with van der Waals surface area (Å²) >= 11 is 1.24. The van der Waals surface area contributed by atoms with Crippen LogP contribution in [0.2, 0.25) is 0 Å². The molecule has 0 unspecified atom stereocenters. The van der Waals surface area contributed by atoms with Crippen molar-refractivity contribution in [1.29, 1.82) is 0 Å². The highest BCUT2D eigenvalue weighted by Crippen LogP contribution is 2.15. The molecule has 29 heavy (non-hydrogen) atoms. The molecule has 1 aromatic heterocycles. The summed E-state index contributed by atoms with van der Waals surface area (Å²) in [5, 5.41) is 11.9. The zero-order valence-corrected chi connectivity index (χ0v) is 16.9. The van der Waals surface area contributed by atoms with Gasteiger partial charge in [0.2, 0.25) is 5.01 Å². The molecule has 0 saturated carbocycles. The molecule has 3 aromatic rings. The van der Waals surface area contributed by atoms with Crippen molar-refractivity contribution in [2.45, 2.75) is 26.6 Å². The fourth-order valence-electron chi connectivity index (χ4n) is 2.71. The molecule has 0 aliphatic carbocycles. The van der Waals surface area contributed by atoms with Crippen LogP contribution in [0.5, 0.6) is 0 Å². The summed E-state index contributed by atoms with van der Waals surface area (Å²) in [6.45, 7) is 4.02. The minimum atomic E-state index is -0.309. The zero-order chi connectivity index (χ0) is 20.6. The van der Waals surface area contributed by atoms with E-state index in [0.717, 1.165) is 16.1 Å². The van der Waals surface area contributed by atoms with Gasteiger partial charge in [0.25, 0.3) is 5.91 Å². The van der Waals surface area contributed by atoms with E-state index in [4.69, 9.17) is 6.42 Å². The van der Waals surface area contributed by atoms with Crippen molar-refractivity contribution in [2.24, 2.45) is 0 Å². The second-order valence-electron chi connectivity index (χ2n) is 6.64. The van der Waals surface area contributed by atoms with Gasteiger partial charge in [-0.05, 0) is 30.2 Å². The van der Waals surface area contributed by atoms with Crippen LogP contribution in [0.4, 0.5) is 4.39 Å². The van der Waals surface area contributed by atoms with E-state index in [1.807, 2.05) is 6.92 Å². The highest BCUT2D eigenvalue weighted by Gasteiger charge is 2.15. The lowest BCUT2D eigenvalue weighted by Crippen LogP contribution is -2.23. The predicted octanol–water partition coefficient (Wildman–Crippen LogP) is 3.55. The van der Waals surface area contributed by atoms with Crippen molar-refractivity contribution in [2.75, 3.05) is 6.54 Å². The maximum Gasteiger partial charge on any atom is 0.282 e. The first-order valence-corrected chi connectivity index (χ1v) is 9.91. The number of aryl methyl sites for hydroxylation is 1. The molecular formula is C22H21FN4OS. The number of halogens is 1. The Hall–Kier alpha value is -3.08. The summed E-state index contributed by atoms with van der Waals surface area (Å²) in [5.41, 5.74) is 3.17. The molecule has 1 amide bonds. The fourth-order valence-corrected chi connectivity index (χ4v) is 3.51. The number of nitrogens with zero attached hydrogens (tertiary/aromatic N) is 3. The highest BCUT2D eigenvalue weighted by molar-refractivity contribution is 7.13. The number of carbonyl (C=O) groups is 1. The van der Waals surface area contributed by atoms with Gasteiger partial charge in [-0.15, -0.1) is 16.6 Å². The second kappa shape index (κ2) is 9.92. The van der Waals surface area contributed by atoms with Crippen molar-refractivity contribution in [3.63, 3.8) is 0 Å². The molecule has 5 nitrogen and oxygen atoms in total. The number of terminal acetylenes is 1. The summed E-state index contributed by atoms with van der Waals surface area (Å²) in [4.78, 5) is 14.4. The standard InChI is InChI=1S/C22H21FN4OS/c1-3-12-27(14-18-6-4-16(2)5-7-18)15-20-25-26-22(29-20)21(28)24-13-17-8-10-19(23)11-9-17/h1,4-11H,12-15H2,2H3,(H,24,28). The molecule has 1 heterocycles. The van der Waals surface area contributed by atoms with Crippen LogP contribution in [-0.2, 0) is 19.6 Å². The molecule has 148 valence electrons. The Morgan fingerprint density at radius 2 is 1.79 bits per heavy atom. The van der Waals surface area contributed by atoms with E-state index in [1.54, 1.807) is 12.1 Å². The molecule has 1 N–H and O–H groups in total. The molecule has 7 heteroatoms. The van der Waals surface area contributed by atoms with E-state index >= 15 is 0 Å². The van der Waals surface area contributed by atoms with Crippen LogP contribution < -0.4 is 5.32 Å². The molecule has 2 aromatic carbocycles. The second-order valence-corrected chi connectivity index (χ2v) is 7.71. The molecule has 0 atom stereocenters. The largest absolute Gasteiger partial charge is 0.346 e. The fraction of sp³-hybridized carbons (Fsp3) is 0.227. The summed E-state index contributed by atoms with van der Waals surface area (Å²) in [6, 6.07) is 14.3. The molecule has 0 aliphatic heterocycles. The summed E-state index contributed by atoms with van der Waals surface area (Å²) in [7, 11) is 0. The first-order chi connectivity index (χ1) is 14.0. The van der Waals surface area contributed by atoms with E-state index < -0.39 is 0 Å². The Kier molecular flexibility index (Phi) is 7.06. The smallest absolute Gasteiger partial charge is 0.282 e. The van der Waals surface area contributed by atoms with Crippen molar-refractivity contribution >= 4 is 17.2 Å². The molecule has 0 saturated heterocycles. The van der Waals surface area contributed by atoms with Crippen LogP contribution in [-0.4, -0.2) is 27.5 Å². The normalized spacial score (nSPS) is 10.7. The van der Waals surface area contributed by atoms with Crippen LogP contribution in [0.1, 0.15) is 31.5 Å². The third-order valence-corrected chi connectivity index (χ3v) is 5.13. The number of rotatable bonds is 8. The van der Waals surface area contributed by atoms with Crippen LogP contribution in [0.3, 0.4) is 0 Å². The minimum Gasteiger partial charge on any atom is -0.346 e. The van der Waals surface area contributed by atoms with Crippen LogP contribution >= 0.6 is 11.3 Å². The number of nitrogens with one attached hydrogen (secondary N) is 1. The van der Waals surface area contributed by atoms with Gasteiger partial charge in [-0.25, -0.2) is 4.39 Å². The first kappa shape index (κ1) is 20.6. The number of hydrogen-bond donors (Lipinski definition) is 1. The Morgan fingerprint density at radius 1 is 1.10 bits per heavy atom. The average Bonchev–Trinajstić information content (AvgIpc) is 3.18. The Balaban J connectivity index is 1.58. The number of amides is 1. The van der Waals surface area contributed by atoms with Gasteiger partial charge in [0.15, 0.2) is 0 Å². The number of benzene rings is 2. The molecular weight excluding hydrogens is 387 g/mol. The molecule has 3 rings (SSSR count). The van der Waals surface area contributed by atoms with E-state index in [-0.39, 0.29) is 16.7 Å². The topological polar surface area (TPSA) is 58.1 Å².